The number of aliphatic hydroxyl groups is 1. The predicted molar refractivity (Wildman–Crippen MR) is 67.1 cm³/mol. The van der Waals surface area contributed by atoms with Gasteiger partial charge in [-0.25, -0.2) is 4.39 Å². The first-order chi connectivity index (χ1) is 7.51. The minimum Gasteiger partial charge on any atom is -0.380 e. The monoisotopic (exact) mass is 300 g/mol. The van der Waals surface area contributed by atoms with Crippen LogP contribution in [0.3, 0.4) is 0 Å². The molecular formula is C12H10BrFOS. The standard InChI is InChI=1S/C12H10BrFOS/c1-12(15,11-10(13)6-7-16-11)8-2-4-9(14)5-3-8/h2-7,15H,1H3. The van der Waals surface area contributed by atoms with Crippen molar-refractivity contribution in [3.8, 4) is 0 Å². The van der Waals surface area contributed by atoms with Crippen LogP contribution in [0.5, 0.6) is 0 Å². The Labute approximate surface area is 106 Å². The molecule has 1 heterocycles. The largest absolute Gasteiger partial charge is 0.380 e. The van der Waals surface area contributed by atoms with Crippen LogP contribution in [0.4, 0.5) is 4.39 Å². The van der Waals surface area contributed by atoms with Gasteiger partial charge in [0.2, 0.25) is 0 Å². The smallest absolute Gasteiger partial charge is 0.123 e. The second-order valence-electron chi connectivity index (χ2n) is 3.68. The molecule has 0 saturated carbocycles. The van der Waals surface area contributed by atoms with Gasteiger partial charge in [0.05, 0.1) is 4.88 Å². The van der Waals surface area contributed by atoms with Crippen molar-refractivity contribution in [2.45, 2.75) is 12.5 Å². The first kappa shape index (κ1) is 11.8. The van der Waals surface area contributed by atoms with E-state index in [2.05, 4.69) is 15.9 Å². The Morgan fingerprint density at radius 2 is 1.88 bits per heavy atom. The zero-order valence-corrected chi connectivity index (χ0v) is 11.0. The van der Waals surface area contributed by atoms with Crippen LogP contribution in [-0.2, 0) is 5.60 Å². The summed E-state index contributed by atoms with van der Waals surface area (Å²) in [6.45, 7) is 1.71. The predicted octanol–water partition coefficient (Wildman–Crippen LogP) is 3.91. The molecule has 84 valence electrons. The van der Waals surface area contributed by atoms with Crippen LogP contribution in [0.15, 0.2) is 40.2 Å². The molecule has 0 spiro atoms. The number of hydrogen-bond acceptors (Lipinski definition) is 2. The zero-order chi connectivity index (χ0) is 11.8. The highest BCUT2D eigenvalue weighted by atomic mass is 79.9. The fraction of sp³-hybridized carbons (Fsp3) is 0.167. The van der Waals surface area contributed by atoms with Crippen LogP contribution in [0, 0.1) is 5.82 Å². The van der Waals surface area contributed by atoms with Crippen molar-refractivity contribution in [2.24, 2.45) is 0 Å². The third-order valence-electron chi connectivity index (χ3n) is 2.47. The van der Waals surface area contributed by atoms with Gasteiger partial charge in [0.25, 0.3) is 0 Å². The van der Waals surface area contributed by atoms with Crippen LogP contribution in [0.1, 0.15) is 17.4 Å². The lowest BCUT2D eigenvalue weighted by Gasteiger charge is -2.23. The molecule has 0 amide bonds. The van der Waals surface area contributed by atoms with Crippen molar-refractivity contribution >= 4 is 27.3 Å². The Balaban J connectivity index is 2.46. The minimum absolute atomic E-state index is 0.301. The maximum atomic E-state index is 12.8. The van der Waals surface area contributed by atoms with Gasteiger partial charge in [-0.1, -0.05) is 12.1 Å². The number of hydrogen-bond donors (Lipinski definition) is 1. The summed E-state index contributed by atoms with van der Waals surface area (Å²) < 4.78 is 13.7. The molecule has 1 unspecified atom stereocenters. The first-order valence-electron chi connectivity index (χ1n) is 4.73. The summed E-state index contributed by atoms with van der Waals surface area (Å²) in [6.07, 6.45) is 0. The summed E-state index contributed by atoms with van der Waals surface area (Å²) >= 11 is 4.86. The van der Waals surface area contributed by atoms with Crippen LogP contribution >= 0.6 is 27.3 Å². The van der Waals surface area contributed by atoms with Crippen molar-refractivity contribution in [3.63, 3.8) is 0 Å². The molecule has 0 aliphatic carbocycles. The number of rotatable bonds is 2. The SMILES string of the molecule is CC(O)(c1ccc(F)cc1)c1sccc1Br. The molecule has 1 aromatic heterocycles. The molecule has 1 nitrogen and oxygen atoms in total. The van der Waals surface area contributed by atoms with Crippen molar-refractivity contribution in [3.05, 3.63) is 56.4 Å². The molecule has 0 radical (unpaired) electrons. The summed E-state index contributed by atoms with van der Waals surface area (Å²) in [5, 5.41) is 12.4. The molecule has 0 saturated heterocycles. The van der Waals surface area contributed by atoms with Crippen molar-refractivity contribution in [1.82, 2.24) is 0 Å². The lowest BCUT2D eigenvalue weighted by Crippen LogP contribution is -2.21. The second-order valence-corrected chi connectivity index (χ2v) is 5.45. The zero-order valence-electron chi connectivity index (χ0n) is 8.58. The van der Waals surface area contributed by atoms with E-state index in [9.17, 15) is 9.50 Å². The van der Waals surface area contributed by atoms with E-state index in [1.807, 2.05) is 11.4 Å². The molecule has 1 aromatic carbocycles. The summed E-state index contributed by atoms with van der Waals surface area (Å²) in [6, 6.07) is 7.79. The normalized spacial score (nSPS) is 14.8. The highest BCUT2D eigenvalue weighted by Crippen LogP contribution is 2.37. The van der Waals surface area contributed by atoms with Gasteiger partial charge in [-0.05, 0) is 52.0 Å². The Hall–Kier alpha value is -0.710. The summed E-state index contributed by atoms with van der Waals surface area (Å²) in [5.41, 5.74) is -0.419. The maximum absolute atomic E-state index is 12.8. The van der Waals surface area contributed by atoms with Crippen LogP contribution in [0.2, 0.25) is 0 Å². The highest BCUT2D eigenvalue weighted by Gasteiger charge is 2.28. The van der Waals surface area contributed by atoms with Gasteiger partial charge in [-0.3, -0.25) is 0 Å². The van der Waals surface area contributed by atoms with Gasteiger partial charge in [-0.15, -0.1) is 11.3 Å². The number of thiophene rings is 1. The molecule has 16 heavy (non-hydrogen) atoms. The Kier molecular flexibility index (Phi) is 3.15. The van der Waals surface area contributed by atoms with E-state index in [0.717, 1.165) is 9.35 Å². The minimum atomic E-state index is -1.10. The van der Waals surface area contributed by atoms with Crippen LogP contribution in [0.25, 0.3) is 0 Å². The third kappa shape index (κ3) is 2.05. The Morgan fingerprint density at radius 3 is 2.38 bits per heavy atom. The molecule has 0 bridgehead atoms. The lowest BCUT2D eigenvalue weighted by atomic mass is 9.94. The van der Waals surface area contributed by atoms with E-state index in [-0.39, 0.29) is 5.82 Å². The van der Waals surface area contributed by atoms with Crippen molar-refractivity contribution in [1.29, 1.82) is 0 Å². The van der Waals surface area contributed by atoms with Gasteiger partial charge >= 0.3 is 0 Å². The van der Waals surface area contributed by atoms with Gasteiger partial charge in [0.15, 0.2) is 0 Å². The lowest BCUT2D eigenvalue weighted by molar-refractivity contribution is 0.105. The number of halogens is 2. The van der Waals surface area contributed by atoms with Gasteiger partial charge in [0.1, 0.15) is 11.4 Å². The number of benzene rings is 1. The third-order valence-corrected chi connectivity index (χ3v) is 4.51. The van der Waals surface area contributed by atoms with Crippen molar-refractivity contribution < 1.29 is 9.50 Å². The van der Waals surface area contributed by atoms with Crippen LogP contribution < -0.4 is 0 Å². The van der Waals surface area contributed by atoms with Gasteiger partial charge < -0.3 is 5.11 Å². The molecule has 4 heteroatoms. The quantitative estimate of drug-likeness (QED) is 0.892. The highest BCUT2D eigenvalue weighted by molar-refractivity contribution is 9.10. The van der Waals surface area contributed by atoms with Gasteiger partial charge in [0, 0.05) is 4.47 Å². The topological polar surface area (TPSA) is 20.2 Å². The van der Waals surface area contributed by atoms with Crippen molar-refractivity contribution in [2.75, 3.05) is 0 Å². The van der Waals surface area contributed by atoms with E-state index in [4.69, 9.17) is 0 Å². The molecule has 0 fully saturated rings. The Bertz CT molecular complexity index is 490. The van der Waals surface area contributed by atoms with Gasteiger partial charge in [-0.2, -0.15) is 0 Å². The van der Waals surface area contributed by atoms with E-state index in [0.29, 0.717) is 5.56 Å². The summed E-state index contributed by atoms with van der Waals surface area (Å²) in [5.74, 6) is -0.301. The fourth-order valence-electron chi connectivity index (χ4n) is 1.55. The summed E-state index contributed by atoms with van der Waals surface area (Å²) in [4.78, 5) is 0.819. The fourth-order valence-corrected chi connectivity index (χ4v) is 3.39. The molecular weight excluding hydrogens is 291 g/mol. The van der Waals surface area contributed by atoms with Crippen LogP contribution in [-0.4, -0.2) is 5.11 Å². The molecule has 0 aliphatic heterocycles. The molecule has 2 rings (SSSR count). The molecule has 1 N–H and O–H groups in total. The van der Waals surface area contributed by atoms with E-state index >= 15 is 0 Å². The molecule has 1 atom stereocenters. The molecule has 0 aliphatic rings. The van der Waals surface area contributed by atoms with E-state index < -0.39 is 5.60 Å². The average Bonchev–Trinajstić information content (AvgIpc) is 2.66. The van der Waals surface area contributed by atoms with E-state index in [1.54, 1.807) is 19.1 Å². The maximum Gasteiger partial charge on any atom is 0.123 e. The average molecular weight is 301 g/mol. The first-order valence-corrected chi connectivity index (χ1v) is 6.41. The Morgan fingerprint density at radius 1 is 1.25 bits per heavy atom. The van der Waals surface area contributed by atoms with E-state index in [1.165, 1.54) is 23.5 Å². The summed E-state index contributed by atoms with van der Waals surface area (Å²) in [7, 11) is 0. The molecule has 2 aromatic rings. The second kappa shape index (κ2) is 4.28.